The maximum Gasteiger partial charge on any atom is 0.129 e. The molecule has 0 amide bonds. The third-order valence-corrected chi connectivity index (χ3v) is 10.2. The number of Topliss-reactive ketones (excluding diaryl/α,β-unsaturated/α-hetero) is 1. The first-order chi connectivity index (χ1) is 12.7. The predicted molar refractivity (Wildman–Crippen MR) is 116 cm³/mol. The van der Waals surface area contributed by atoms with E-state index in [1.165, 1.54) is 57.8 Å². The van der Waals surface area contributed by atoms with Gasteiger partial charge in [0.05, 0.1) is 0 Å². The van der Waals surface area contributed by atoms with E-state index in [9.17, 15) is 4.79 Å². The summed E-state index contributed by atoms with van der Waals surface area (Å²) in [7, 11) is 0. The fraction of sp³-hybridized carbons (Fsp3) is 0.962. The van der Waals surface area contributed by atoms with Gasteiger partial charge in [-0.1, -0.05) is 53.9 Å². The van der Waals surface area contributed by atoms with E-state index in [4.69, 9.17) is 0 Å². The number of hydrogen-bond donors (Lipinski definition) is 0. The monoisotopic (exact) mass is 374 g/mol. The molecule has 1 nitrogen and oxygen atoms in total. The van der Waals surface area contributed by atoms with Crippen molar-refractivity contribution in [1.29, 1.82) is 0 Å². The van der Waals surface area contributed by atoms with Gasteiger partial charge in [-0.2, -0.15) is 0 Å². The molecule has 3 rings (SSSR count). The smallest absolute Gasteiger partial charge is 0.129 e. The molecular weight excluding hydrogens is 328 g/mol. The Bertz CT molecular complexity index is 524. The topological polar surface area (TPSA) is 17.1 Å². The van der Waals surface area contributed by atoms with Gasteiger partial charge in [-0.3, -0.25) is 0 Å². The second-order valence-corrected chi connectivity index (χ2v) is 11.4. The molecule has 3 aliphatic carbocycles. The van der Waals surface area contributed by atoms with Gasteiger partial charge in [0.15, 0.2) is 0 Å². The van der Waals surface area contributed by atoms with Crippen LogP contribution in [0.4, 0.5) is 0 Å². The molecule has 0 aromatic rings. The van der Waals surface area contributed by atoms with Crippen LogP contribution >= 0.6 is 0 Å². The zero-order valence-electron chi connectivity index (χ0n) is 19.2. The average molecular weight is 375 g/mol. The van der Waals surface area contributed by atoms with Gasteiger partial charge < -0.3 is 4.79 Å². The maximum atomic E-state index is 11.5. The lowest BCUT2D eigenvalue weighted by Gasteiger charge is -2.57. The van der Waals surface area contributed by atoms with Crippen LogP contribution in [-0.4, -0.2) is 5.78 Å². The van der Waals surface area contributed by atoms with Crippen LogP contribution in [0.15, 0.2) is 0 Å². The first kappa shape index (κ1) is 21.4. The SMILES string of the molecule is CCC1CCCCC1(C)C1CCC2(C)C(C(C)CCC(C)=O)CCC2C1C. The highest BCUT2D eigenvalue weighted by Crippen LogP contribution is 2.65. The van der Waals surface area contributed by atoms with Crippen molar-refractivity contribution in [2.75, 3.05) is 0 Å². The van der Waals surface area contributed by atoms with E-state index >= 15 is 0 Å². The Morgan fingerprint density at radius 3 is 2.37 bits per heavy atom. The zero-order valence-corrected chi connectivity index (χ0v) is 19.2. The minimum Gasteiger partial charge on any atom is -0.300 e. The standard InChI is InChI=1S/C26H46O/c1-7-21-10-8-9-16-25(21,5)24-15-17-26(6)22(13-14-23(26)20(24)4)18(2)11-12-19(3)27/h18,20-24H,7-17H2,1-6H3. The Hall–Kier alpha value is -0.330. The summed E-state index contributed by atoms with van der Waals surface area (Å²) in [4.78, 5) is 11.5. The number of hydrogen-bond acceptors (Lipinski definition) is 1. The highest BCUT2D eigenvalue weighted by atomic mass is 16.1. The molecule has 0 heterocycles. The normalized spacial score (nSPS) is 46.1. The van der Waals surface area contributed by atoms with E-state index < -0.39 is 0 Å². The van der Waals surface area contributed by atoms with Crippen LogP contribution in [0.3, 0.4) is 0 Å². The molecule has 1 heteroatoms. The number of ketones is 1. The predicted octanol–water partition coefficient (Wildman–Crippen LogP) is 7.68. The Labute approximate surface area is 169 Å². The molecule has 8 atom stereocenters. The fourth-order valence-corrected chi connectivity index (χ4v) is 8.62. The van der Waals surface area contributed by atoms with Crippen LogP contribution in [0.2, 0.25) is 0 Å². The minimum absolute atomic E-state index is 0.370. The van der Waals surface area contributed by atoms with E-state index in [1.54, 1.807) is 6.92 Å². The lowest BCUT2D eigenvalue weighted by Crippen LogP contribution is -2.49. The van der Waals surface area contributed by atoms with Crippen LogP contribution in [0.1, 0.15) is 112 Å². The Morgan fingerprint density at radius 1 is 1.00 bits per heavy atom. The van der Waals surface area contributed by atoms with E-state index in [1.807, 2.05) is 0 Å². The largest absolute Gasteiger partial charge is 0.300 e. The van der Waals surface area contributed by atoms with E-state index in [2.05, 4.69) is 34.6 Å². The quantitative estimate of drug-likeness (QED) is 0.466. The number of carbonyl (C=O) groups is 1. The van der Waals surface area contributed by atoms with E-state index in [0.29, 0.717) is 22.5 Å². The van der Waals surface area contributed by atoms with Gasteiger partial charge >= 0.3 is 0 Å². The average Bonchev–Trinajstić information content (AvgIpc) is 2.98. The maximum absolute atomic E-state index is 11.5. The number of rotatable bonds is 6. The Morgan fingerprint density at radius 2 is 1.70 bits per heavy atom. The molecular formula is C26H46O. The van der Waals surface area contributed by atoms with Crippen molar-refractivity contribution in [2.45, 2.75) is 112 Å². The molecule has 156 valence electrons. The fourth-order valence-electron chi connectivity index (χ4n) is 8.62. The van der Waals surface area contributed by atoms with Crippen molar-refractivity contribution in [3.8, 4) is 0 Å². The second kappa shape index (κ2) is 8.19. The first-order valence-corrected chi connectivity index (χ1v) is 12.2. The van der Waals surface area contributed by atoms with Crippen LogP contribution in [0.5, 0.6) is 0 Å². The van der Waals surface area contributed by atoms with Gasteiger partial charge in [0.2, 0.25) is 0 Å². The van der Waals surface area contributed by atoms with Crippen LogP contribution in [0.25, 0.3) is 0 Å². The van der Waals surface area contributed by atoms with Gasteiger partial charge in [-0.25, -0.2) is 0 Å². The van der Waals surface area contributed by atoms with Crippen LogP contribution in [-0.2, 0) is 4.79 Å². The third-order valence-electron chi connectivity index (χ3n) is 10.2. The first-order valence-electron chi connectivity index (χ1n) is 12.2. The van der Waals surface area contributed by atoms with Crippen molar-refractivity contribution in [1.82, 2.24) is 0 Å². The summed E-state index contributed by atoms with van der Waals surface area (Å²) in [5.41, 5.74) is 1.12. The van der Waals surface area contributed by atoms with E-state index in [-0.39, 0.29) is 0 Å². The van der Waals surface area contributed by atoms with Gasteiger partial charge in [0.25, 0.3) is 0 Å². The summed E-state index contributed by atoms with van der Waals surface area (Å²) in [6.45, 7) is 14.6. The molecule has 0 aromatic heterocycles. The van der Waals surface area contributed by atoms with Crippen LogP contribution < -0.4 is 0 Å². The van der Waals surface area contributed by atoms with Crippen molar-refractivity contribution >= 4 is 5.78 Å². The molecule has 3 aliphatic rings. The summed E-state index contributed by atoms with van der Waals surface area (Å²) >= 11 is 0. The summed E-state index contributed by atoms with van der Waals surface area (Å²) in [5.74, 6) is 5.60. The summed E-state index contributed by atoms with van der Waals surface area (Å²) < 4.78 is 0. The van der Waals surface area contributed by atoms with Gasteiger partial charge in [-0.05, 0) is 98.2 Å². The molecule has 3 saturated carbocycles. The number of fused-ring (bicyclic) bond motifs is 1. The molecule has 0 radical (unpaired) electrons. The molecule has 0 N–H and O–H groups in total. The highest BCUT2D eigenvalue weighted by Gasteiger charge is 2.57. The van der Waals surface area contributed by atoms with Crippen molar-refractivity contribution in [3.05, 3.63) is 0 Å². The molecule has 0 aromatic carbocycles. The van der Waals surface area contributed by atoms with Gasteiger partial charge in [-0.15, -0.1) is 0 Å². The van der Waals surface area contributed by atoms with Gasteiger partial charge in [0, 0.05) is 6.42 Å². The van der Waals surface area contributed by atoms with Crippen molar-refractivity contribution in [3.63, 3.8) is 0 Å². The second-order valence-electron chi connectivity index (χ2n) is 11.4. The van der Waals surface area contributed by atoms with E-state index in [0.717, 1.165) is 42.4 Å². The minimum atomic E-state index is 0.370. The molecule has 0 aliphatic heterocycles. The molecule has 27 heavy (non-hydrogen) atoms. The highest BCUT2D eigenvalue weighted by molar-refractivity contribution is 5.75. The molecule has 8 unspecified atom stereocenters. The zero-order chi connectivity index (χ0) is 19.8. The van der Waals surface area contributed by atoms with Crippen LogP contribution in [0, 0.1) is 46.3 Å². The Balaban J connectivity index is 1.75. The summed E-state index contributed by atoms with van der Waals surface area (Å²) in [5, 5.41) is 0. The summed E-state index contributed by atoms with van der Waals surface area (Å²) in [6, 6.07) is 0. The molecule has 0 saturated heterocycles. The number of carbonyl (C=O) groups excluding carboxylic acids is 1. The Kier molecular flexibility index (Phi) is 6.49. The molecule has 3 fully saturated rings. The molecule has 0 bridgehead atoms. The lowest BCUT2D eigenvalue weighted by molar-refractivity contribution is -0.117. The molecule has 0 spiro atoms. The third kappa shape index (κ3) is 3.78. The van der Waals surface area contributed by atoms with Gasteiger partial charge in [0.1, 0.15) is 5.78 Å². The van der Waals surface area contributed by atoms with Crippen molar-refractivity contribution < 1.29 is 4.79 Å². The summed E-state index contributed by atoms with van der Waals surface area (Å²) in [6.07, 6.45) is 14.9. The lowest BCUT2D eigenvalue weighted by atomic mass is 9.48. The van der Waals surface area contributed by atoms with Crippen molar-refractivity contribution in [2.24, 2.45) is 46.3 Å².